The minimum Gasteiger partial charge on any atom is -0.265 e. The van der Waals surface area contributed by atoms with Crippen molar-refractivity contribution >= 4 is 11.8 Å². The van der Waals surface area contributed by atoms with E-state index >= 15 is 0 Å². The zero-order valence-corrected chi connectivity index (χ0v) is 12.7. The zero-order chi connectivity index (χ0) is 14.5. The monoisotopic (exact) mass is 294 g/mol. The molecule has 0 N–H and O–H groups in total. The van der Waals surface area contributed by atoms with Crippen LogP contribution in [0.2, 0.25) is 0 Å². The van der Waals surface area contributed by atoms with Gasteiger partial charge in [-0.3, -0.25) is 4.98 Å². The highest BCUT2D eigenvalue weighted by atomic mass is 32.2. The number of benzene rings is 1. The summed E-state index contributed by atoms with van der Waals surface area (Å²) in [5.74, 6) is 0.735. The minimum absolute atomic E-state index is 0.156. The van der Waals surface area contributed by atoms with Gasteiger partial charge in [-0.15, -0.1) is 11.8 Å². The van der Waals surface area contributed by atoms with Gasteiger partial charge in [0.15, 0.2) is 0 Å². The molecule has 0 spiro atoms. The third kappa shape index (κ3) is 3.46. The van der Waals surface area contributed by atoms with E-state index in [1.807, 2.05) is 36.3 Å². The van der Waals surface area contributed by atoms with Gasteiger partial charge in [-0.05, 0) is 42.9 Å². The SMILES string of the molecule is N#CC1CCC(c2ccccc2)CC1Sc1ccncc1. The van der Waals surface area contributed by atoms with E-state index in [0.717, 1.165) is 19.3 Å². The second kappa shape index (κ2) is 6.78. The van der Waals surface area contributed by atoms with Crippen LogP contribution in [0.5, 0.6) is 0 Å². The van der Waals surface area contributed by atoms with Crippen LogP contribution in [0.4, 0.5) is 0 Å². The Balaban J connectivity index is 1.75. The second-order valence-electron chi connectivity index (χ2n) is 5.50. The van der Waals surface area contributed by atoms with Crippen molar-refractivity contribution in [1.29, 1.82) is 5.26 Å². The van der Waals surface area contributed by atoms with Gasteiger partial charge in [0.2, 0.25) is 0 Å². The molecule has 3 rings (SSSR count). The van der Waals surface area contributed by atoms with Crippen molar-refractivity contribution in [3.05, 3.63) is 60.4 Å². The smallest absolute Gasteiger partial charge is 0.0667 e. The Morgan fingerprint density at radius 3 is 2.52 bits per heavy atom. The number of nitriles is 1. The number of hydrogen-bond donors (Lipinski definition) is 0. The molecule has 106 valence electrons. The van der Waals surface area contributed by atoms with Crippen molar-refractivity contribution in [2.24, 2.45) is 5.92 Å². The van der Waals surface area contributed by atoms with Gasteiger partial charge in [0, 0.05) is 22.5 Å². The average molecular weight is 294 g/mol. The van der Waals surface area contributed by atoms with Crippen LogP contribution in [0.1, 0.15) is 30.7 Å². The highest BCUT2D eigenvalue weighted by molar-refractivity contribution is 8.00. The molecule has 0 saturated heterocycles. The van der Waals surface area contributed by atoms with Crippen LogP contribution in [0.15, 0.2) is 59.8 Å². The van der Waals surface area contributed by atoms with Crippen molar-refractivity contribution in [2.45, 2.75) is 35.3 Å². The quantitative estimate of drug-likeness (QED) is 0.826. The maximum Gasteiger partial charge on any atom is 0.0667 e. The largest absolute Gasteiger partial charge is 0.265 e. The van der Waals surface area contributed by atoms with Gasteiger partial charge in [0.25, 0.3) is 0 Å². The molecule has 1 aliphatic carbocycles. The summed E-state index contributed by atoms with van der Waals surface area (Å²) in [6, 6.07) is 17.3. The summed E-state index contributed by atoms with van der Waals surface area (Å²) in [5, 5.41) is 9.79. The van der Waals surface area contributed by atoms with Crippen molar-refractivity contribution < 1.29 is 0 Å². The Hall–Kier alpha value is -1.79. The van der Waals surface area contributed by atoms with Gasteiger partial charge in [0.05, 0.1) is 12.0 Å². The lowest BCUT2D eigenvalue weighted by molar-refractivity contribution is 0.393. The van der Waals surface area contributed by atoms with E-state index < -0.39 is 0 Å². The molecule has 0 amide bonds. The predicted octanol–water partition coefficient (Wildman–Crippen LogP) is 4.65. The van der Waals surface area contributed by atoms with Crippen LogP contribution in [-0.2, 0) is 0 Å². The average Bonchev–Trinajstić information content (AvgIpc) is 2.56. The third-order valence-electron chi connectivity index (χ3n) is 4.17. The number of aromatic nitrogens is 1. The van der Waals surface area contributed by atoms with Crippen LogP contribution in [0.3, 0.4) is 0 Å². The zero-order valence-electron chi connectivity index (χ0n) is 11.9. The molecule has 21 heavy (non-hydrogen) atoms. The van der Waals surface area contributed by atoms with E-state index in [-0.39, 0.29) is 5.92 Å². The van der Waals surface area contributed by atoms with Gasteiger partial charge >= 0.3 is 0 Å². The van der Waals surface area contributed by atoms with Crippen molar-refractivity contribution in [1.82, 2.24) is 4.98 Å². The fraction of sp³-hybridized carbons (Fsp3) is 0.333. The van der Waals surface area contributed by atoms with Crippen LogP contribution < -0.4 is 0 Å². The molecule has 0 radical (unpaired) electrons. The van der Waals surface area contributed by atoms with Crippen LogP contribution >= 0.6 is 11.8 Å². The Kier molecular flexibility index (Phi) is 4.57. The summed E-state index contributed by atoms with van der Waals surface area (Å²) in [6.45, 7) is 0. The van der Waals surface area contributed by atoms with Crippen LogP contribution in [0.25, 0.3) is 0 Å². The van der Waals surface area contributed by atoms with E-state index in [1.54, 1.807) is 0 Å². The molecule has 3 atom stereocenters. The van der Waals surface area contributed by atoms with Crippen LogP contribution in [-0.4, -0.2) is 10.2 Å². The molecule has 1 fully saturated rings. The summed E-state index contributed by atoms with van der Waals surface area (Å²) in [4.78, 5) is 5.27. The number of pyridine rings is 1. The van der Waals surface area contributed by atoms with E-state index in [9.17, 15) is 5.26 Å². The maximum absolute atomic E-state index is 9.42. The van der Waals surface area contributed by atoms with Gasteiger partial charge in [-0.1, -0.05) is 30.3 Å². The molecule has 3 unspecified atom stereocenters. The summed E-state index contributed by atoms with van der Waals surface area (Å²) >= 11 is 1.83. The van der Waals surface area contributed by atoms with Gasteiger partial charge in [0.1, 0.15) is 0 Å². The standard InChI is InChI=1S/C18H18N2S/c19-13-16-7-6-15(14-4-2-1-3-5-14)12-18(16)21-17-8-10-20-11-9-17/h1-5,8-11,15-16,18H,6-7,12H2. The van der Waals surface area contributed by atoms with Crippen molar-refractivity contribution in [3.63, 3.8) is 0 Å². The second-order valence-corrected chi connectivity index (χ2v) is 6.81. The summed E-state index contributed by atoms with van der Waals surface area (Å²) < 4.78 is 0. The van der Waals surface area contributed by atoms with Gasteiger partial charge in [-0.25, -0.2) is 0 Å². The number of nitrogens with zero attached hydrogens (tertiary/aromatic N) is 2. The normalized spacial score (nSPS) is 25.2. The maximum atomic E-state index is 9.42. The Labute approximate surface area is 130 Å². The Morgan fingerprint density at radius 1 is 1.05 bits per heavy atom. The van der Waals surface area contributed by atoms with E-state index in [0.29, 0.717) is 11.2 Å². The molecule has 1 saturated carbocycles. The molecule has 1 aromatic carbocycles. The van der Waals surface area contributed by atoms with Gasteiger partial charge in [-0.2, -0.15) is 5.26 Å². The van der Waals surface area contributed by atoms with E-state index in [4.69, 9.17) is 0 Å². The lowest BCUT2D eigenvalue weighted by atomic mass is 9.79. The van der Waals surface area contributed by atoms with Crippen molar-refractivity contribution in [2.75, 3.05) is 0 Å². The first-order chi connectivity index (χ1) is 10.4. The predicted molar refractivity (Wildman–Crippen MR) is 86.0 cm³/mol. The van der Waals surface area contributed by atoms with Crippen molar-refractivity contribution in [3.8, 4) is 6.07 Å². The molecule has 0 bridgehead atoms. The topological polar surface area (TPSA) is 36.7 Å². The molecule has 1 aliphatic rings. The number of thioether (sulfide) groups is 1. The fourth-order valence-corrected chi connectivity index (χ4v) is 4.34. The number of rotatable bonds is 3. The fourth-order valence-electron chi connectivity index (χ4n) is 3.03. The highest BCUT2D eigenvalue weighted by Gasteiger charge is 2.31. The third-order valence-corrected chi connectivity index (χ3v) is 5.53. The minimum atomic E-state index is 0.156. The molecule has 0 aliphatic heterocycles. The lowest BCUT2D eigenvalue weighted by Crippen LogP contribution is -2.25. The van der Waals surface area contributed by atoms with E-state index in [1.165, 1.54) is 10.5 Å². The summed E-state index contributed by atoms with van der Waals surface area (Å²) in [6.07, 6.45) is 6.84. The summed E-state index contributed by atoms with van der Waals surface area (Å²) in [5.41, 5.74) is 1.41. The molecule has 1 heterocycles. The first-order valence-electron chi connectivity index (χ1n) is 7.38. The van der Waals surface area contributed by atoms with Crippen LogP contribution in [0, 0.1) is 17.2 Å². The molecule has 2 aromatic rings. The molecule has 1 aromatic heterocycles. The molecular formula is C18H18N2S. The Morgan fingerprint density at radius 2 is 1.81 bits per heavy atom. The first kappa shape index (κ1) is 14.2. The van der Waals surface area contributed by atoms with E-state index in [2.05, 4.69) is 41.4 Å². The molecule has 3 heteroatoms. The lowest BCUT2D eigenvalue weighted by Gasteiger charge is -2.32. The first-order valence-corrected chi connectivity index (χ1v) is 8.26. The highest BCUT2D eigenvalue weighted by Crippen LogP contribution is 2.43. The summed E-state index contributed by atoms with van der Waals surface area (Å²) in [7, 11) is 0. The Bertz CT molecular complexity index is 606. The number of hydrogen-bond acceptors (Lipinski definition) is 3. The molecular weight excluding hydrogens is 276 g/mol. The molecule has 2 nitrogen and oxygen atoms in total. The van der Waals surface area contributed by atoms with Gasteiger partial charge < -0.3 is 0 Å².